The van der Waals surface area contributed by atoms with Gasteiger partial charge in [-0.2, -0.15) is 0 Å². The molecule has 2 aromatic carbocycles. The summed E-state index contributed by atoms with van der Waals surface area (Å²) < 4.78 is 53.4. The van der Waals surface area contributed by atoms with E-state index in [0.717, 1.165) is 17.7 Å². The Kier molecular flexibility index (Phi) is 7.63. The lowest BCUT2D eigenvalue weighted by molar-refractivity contribution is -0.124. The Bertz CT molecular complexity index is 1050. The van der Waals surface area contributed by atoms with Crippen molar-refractivity contribution in [3.05, 3.63) is 58.7 Å². The second-order valence-electron chi connectivity index (χ2n) is 6.83. The highest BCUT2D eigenvalue weighted by molar-refractivity contribution is 7.89. The maximum atomic E-state index is 13.1. The van der Waals surface area contributed by atoms with Crippen LogP contribution in [0.2, 0.25) is 0 Å². The highest BCUT2D eigenvalue weighted by Gasteiger charge is 2.20. The molecular formula is C20H23F2N3O4S. The van der Waals surface area contributed by atoms with Crippen molar-refractivity contribution in [1.82, 2.24) is 10.0 Å². The lowest BCUT2D eigenvalue weighted by atomic mass is 10.1. The molecule has 0 aromatic heterocycles. The molecule has 0 atom stereocenters. The van der Waals surface area contributed by atoms with Crippen LogP contribution < -0.4 is 15.4 Å². The van der Waals surface area contributed by atoms with Crippen LogP contribution in [0.4, 0.5) is 14.5 Å². The molecule has 2 amide bonds. The van der Waals surface area contributed by atoms with Crippen molar-refractivity contribution in [3.63, 3.8) is 0 Å². The van der Waals surface area contributed by atoms with E-state index < -0.39 is 40.0 Å². The number of hydrogen-bond donors (Lipinski definition) is 3. The van der Waals surface area contributed by atoms with E-state index in [2.05, 4.69) is 15.4 Å². The van der Waals surface area contributed by atoms with Gasteiger partial charge in [0.25, 0.3) is 0 Å². The van der Waals surface area contributed by atoms with E-state index in [1.54, 1.807) is 26.0 Å². The fourth-order valence-corrected chi connectivity index (χ4v) is 4.49. The van der Waals surface area contributed by atoms with Crippen molar-refractivity contribution in [1.29, 1.82) is 0 Å². The zero-order valence-corrected chi connectivity index (χ0v) is 17.6. The van der Waals surface area contributed by atoms with Gasteiger partial charge in [0, 0.05) is 24.7 Å². The predicted octanol–water partition coefficient (Wildman–Crippen LogP) is 2.31. The topological polar surface area (TPSA) is 104 Å². The minimum Gasteiger partial charge on any atom is -0.347 e. The molecule has 0 heterocycles. The molecule has 162 valence electrons. The molecule has 0 aliphatic carbocycles. The average Bonchev–Trinajstić information content (AvgIpc) is 2.61. The van der Waals surface area contributed by atoms with Crippen LogP contribution in [-0.2, 0) is 19.6 Å². The highest BCUT2D eigenvalue weighted by Crippen LogP contribution is 2.21. The number of anilines is 1. The maximum Gasteiger partial charge on any atom is 0.243 e. The van der Waals surface area contributed by atoms with Crippen LogP contribution in [0.3, 0.4) is 0 Å². The summed E-state index contributed by atoms with van der Waals surface area (Å²) >= 11 is 0. The van der Waals surface area contributed by atoms with Crippen molar-refractivity contribution in [2.24, 2.45) is 0 Å². The quantitative estimate of drug-likeness (QED) is 0.587. The van der Waals surface area contributed by atoms with Gasteiger partial charge in [-0.15, -0.1) is 0 Å². The molecule has 7 nitrogen and oxygen atoms in total. The van der Waals surface area contributed by atoms with Crippen LogP contribution in [0.15, 0.2) is 35.2 Å². The molecule has 0 bridgehead atoms. The van der Waals surface area contributed by atoms with Crippen molar-refractivity contribution in [2.75, 3.05) is 18.4 Å². The first-order valence-corrected chi connectivity index (χ1v) is 10.6. The van der Waals surface area contributed by atoms with Gasteiger partial charge in [-0.1, -0.05) is 17.7 Å². The van der Waals surface area contributed by atoms with E-state index in [1.807, 2.05) is 6.92 Å². The van der Waals surface area contributed by atoms with Crippen molar-refractivity contribution in [2.45, 2.75) is 32.1 Å². The van der Waals surface area contributed by atoms with E-state index in [1.165, 1.54) is 6.07 Å². The molecule has 0 aliphatic rings. The van der Waals surface area contributed by atoms with E-state index in [4.69, 9.17) is 0 Å². The Morgan fingerprint density at radius 3 is 2.17 bits per heavy atom. The van der Waals surface area contributed by atoms with E-state index in [0.29, 0.717) is 11.1 Å². The van der Waals surface area contributed by atoms with Crippen LogP contribution in [0.25, 0.3) is 0 Å². The van der Waals surface area contributed by atoms with Crippen LogP contribution in [0.5, 0.6) is 0 Å². The van der Waals surface area contributed by atoms with Gasteiger partial charge in [0.2, 0.25) is 21.8 Å². The number of carbonyl (C=O) groups excluding carboxylic acids is 2. The lowest BCUT2D eigenvalue weighted by Gasteiger charge is -2.13. The van der Waals surface area contributed by atoms with Crippen LogP contribution in [0, 0.1) is 32.4 Å². The molecule has 0 fully saturated rings. The lowest BCUT2D eigenvalue weighted by Crippen LogP contribution is -2.35. The first kappa shape index (κ1) is 23.4. The van der Waals surface area contributed by atoms with E-state index in [9.17, 15) is 26.8 Å². The minimum atomic E-state index is -3.79. The molecule has 0 radical (unpaired) electrons. The number of aryl methyl sites for hydroxylation is 3. The summed E-state index contributed by atoms with van der Waals surface area (Å²) in [5.74, 6) is -3.33. The second kappa shape index (κ2) is 9.77. The summed E-state index contributed by atoms with van der Waals surface area (Å²) in [7, 11) is -3.79. The Hall–Kier alpha value is -2.85. The van der Waals surface area contributed by atoms with Gasteiger partial charge in [0.1, 0.15) is 0 Å². The van der Waals surface area contributed by atoms with Crippen LogP contribution >= 0.6 is 0 Å². The molecule has 3 N–H and O–H groups in total. The number of hydrogen-bond acceptors (Lipinski definition) is 4. The summed E-state index contributed by atoms with van der Waals surface area (Å²) in [4.78, 5) is 23.8. The van der Waals surface area contributed by atoms with Crippen LogP contribution in [-0.4, -0.2) is 33.3 Å². The Balaban J connectivity index is 1.82. The first-order valence-electron chi connectivity index (χ1n) is 9.08. The molecule has 0 aliphatic heterocycles. The molecule has 0 saturated carbocycles. The Labute approximate surface area is 173 Å². The van der Waals surface area contributed by atoms with Crippen molar-refractivity contribution >= 4 is 27.5 Å². The number of nitrogens with one attached hydrogen (secondary N) is 3. The van der Waals surface area contributed by atoms with Crippen LogP contribution in [0.1, 0.15) is 23.1 Å². The molecule has 0 saturated heterocycles. The number of sulfonamides is 1. The number of carbonyl (C=O) groups is 2. The number of amides is 2. The fourth-order valence-electron chi connectivity index (χ4n) is 3.01. The molecule has 2 rings (SSSR count). The second-order valence-corrected chi connectivity index (χ2v) is 8.53. The standard InChI is InChI=1S/C20H23F2N3O4S/c1-12-8-13(2)20(14(3)9-12)30(28,29)24-7-6-18(26)23-11-19(27)25-15-4-5-16(21)17(22)10-15/h4-5,8-10,24H,6-7,11H2,1-3H3,(H,23,26)(H,25,27). The van der Waals surface area contributed by atoms with Crippen molar-refractivity contribution in [3.8, 4) is 0 Å². The Morgan fingerprint density at radius 2 is 1.57 bits per heavy atom. The van der Waals surface area contributed by atoms with E-state index >= 15 is 0 Å². The third-order valence-electron chi connectivity index (χ3n) is 4.17. The zero-order valence-electron chi connectivity index (χ0n) is 16.8. The number of halogens is 2. The van der Waals surface area contributed by atoms with Gasteiger partial charge in [-0.25, -0.2) is 21.9 Å². The minimum absolute atomic E-state index is 0.0461. The van der Waals surface area contributed by atoms with E-state index in [-0.39, 0.29) is 23.5 Å². The van der Waals surface area contributed by atoms with Gasteiger partial charge in [-0.3, -0.25) is 9.59 Å². The van der Waals surface area contributed by atoms with Gasteiger partial charge in [0.05, 0.1) is 11.4 Å². The largest absolute Gasteiger partial charge is 0.347 e. The average molecular weight is 439 g/mol. The molecule has 10 heteroatoms. The molecular weight excluding hydrogens is 416 g/mol. The zero-order chi connectivity index (χ0) is 22.5. The molecule has 0 spiro atoms. The summed E-state index contributed by atoms with van der Waals surface area (Å²) in [6, 6.07) is 6.40. The first-order chi connectivity index (χ1) is 14.0. The normalized spacial score (nSPS) is 11.2. The Morgan fingerprint density at radius 1 is 0.933 bits per heavy atom. The SMILES string of the molecule is Cc1cc(C)c(S(=O)(=O)NCCC(=O)NCC(=O)Nc2ccc(F)c(F)c2)c(C)c1. The third-order valence-corrected chi connectivity index (χ3v) is 5.93. The summed E-state index contributed by atoms with van der Waals surface area (Å²) in [6.45, 7) is 4.73. The maximum absolute atomic E-state index is 13.1. The molecule has 30 heavy (non-hydrogen) atoms. The van der Waals surface area contributed by atoms with Gasteiger partial charge in [0.15, 0.2) is 11.6 Å². The van der Waals surface area contributed by atoms with Gasteiger partial charge >= 0.3 is 0 Å². The monoisotopic (exact) mass is 439 g/mol. The summed E-state index contributed by atoms with van der Waals surface area (Å²) in [6.07, 6.45) is -0.179. The predicted molar refractivity (Wildman–Crippen MR) is 108 cm³/mol. The fraction of sp³-hybridized carbons (Fsp3) is 0.300. The highest BCUT2D eigenvalue weighted by atomic mass is 32.2. The van der Waals surface area contributed by atoms with Crippen molar-refractivity contribution < 1.29 is 26.8 Å². The number of rotatable bonds is 8. The molecule has 0 unspecified atom stereocenters. The summed E-state index contributed by atoms with van der Waals surface area (Å²) in [5.41, 5.74) is 2.21. The third kappa shape index (κ3) is 6.33. The van der Waals surface area contributed by atoms with Gasteiger partial charge in [-0.05, 0) is 44.0 Å². The number of benzene rings is 2. The summed E-state index contributed by atoms with van der Waals surface area (Å²) in [5, 5.41) is 4.64. The molecule has 2 aromatic rings. The smallest absolute Gasteiger partial charge is 0.243 e. The van der Waals surface area contributed by atoms with Gasteiger partial charge < -0.3 is 10.6 Å².